The van der Waals surface area contributed by atoms with Crippen molar-refractivity contribution in [3.05, 3.63) is 72.3 Å². The van der Waals surface area contributed by atoms with Crippen molar-refractivity contribution >= 4 is 24.1 Å². The highest BCUT2D eigenvalue weighted by Gasteiger charge is 2.09. The maximum Gasteiger partial charge on any atom is 0.357 e. The van der Waals surface area contributed by atoms with Crippen LogP contribution in [0.25, 0.3) is 12.2 Å². The molecule has 0 aliphatic carbocycles. The summed E-state index contributed by atoms with van der Waals surface area (Å²) in [7, 11) is 1.32. The number of hydrogen-bond donors (Lipinski definition) is 1. The van der Waals surface area contributed by atoms with Crippen LogP contribution in [0.2, 0.25) is 0 Å². The molecule has 0 aliphatic rings. The lowest BCUT2D eigenvalue weighted by Gasteiger charge is -2.00. The van der Waals surface area contributed by atoms with Crippen LogP contribution in [0.5, 0.6) is 0 Å². The minimum Gasteiger partial charge on any atom is -0.476 e. The quantitative estimate of drug-likeness (QED) is 0.873. The summed E-state index contributed by atoms with van der Waals surface area (Å²) in [6, 6.07) is 6.82. The largest absolute Gasteiger partial charge is 0.476 e. The van der Waals surface area contributed by atoms with Crippen molar-refractivity contribution in [3.63, 3.8) is 0 Å². The smallest absolute Gasteiger partial charge is 0.357 e. The van der Waals surface area contributed by atoms with Crippen LogP contribution in [-0.4, -0.2) is 34.1 Å². The average molecular weight is 312 g/mol. The summed E-state index contributed by atoms with van der Waals surface area (Å²) in [5.74, 6) is -1.47. The first-order chi connectivity index (χ1) is 11.0. The molecule has 0 aliphatic heterocycles. The van der Waals surface area contributed by atoms with E-state index in [1.807, 2.05) is 0 Å². The van der Waals surface area contributed by atoms with Crippen LogP contribution >= 0.6 is 0 Å². The predicted molar refractivity (Wildman–Crippen MR) is 87.0 cm³/mol. The van der Waals surface area contributed by atoms with Gasteiger partial charge in [-0.1, -0.05) is 37.4 Å². The number of esters is 1. The highest BCUT2D eigenvalue weighted by Crippen LogP contribution is 2.07. The molecule has 2 aromatic heterocycles. The normalized spacial score (nSPS) is 9.09. The fourth-order valence-electron chi connectivity index (χ4n) is 1.61. The Hall–Kier alpha value is -3.28. The molecule has 118 valence electrons. The van der Waals surface area contributed by atoms with Crippen molar-refractivity contribution < 1.29 is 19.4 Å². The van der Waals surface area contributed by atoms with Crippen molar-refractivity contribution in [2.24, 2.45) is 0 Å². The minimum absolute atomic E-state index is 0.0440. The standard InChI is InChI=1S/C9H9NO2.C8H7NO2/c1-3-7-5-4-6-10-8(7)9(11)12-2;1-2-6-4-3-5-9-7(6)8(10)11/h3-6H,1H2,2H3;2-5H,1H2,(H,10,11). The summed E-state index contributed by atoms with van der Waals surface area (Å²) in [5.41, 5.74) is 1.57. The van der Waals surface area contributed by atoms with Gasteiger partial charge in [0.05, 0.1) is 7.11 Å². The Morgan fingerprint density at radius 1 is 1.04 bits per heavy atom. The highest BCUT2D eigenvalue weighted by molar-refractivity contribution is 5.91. The summed E-state index contributed by atoms with van der Waals surface area (Å²) >= 11 is 0. The number of carboxylic acid groups (broad SMARTS) is 1. The van der Waals surface area contributed by atoms with Gasteiger partial charge in [-0.2, -0.15) is 0 Å². The summed E-state index contributed by atoms with van der Waals surface area (Å²) in [6.07, 6.45) is 6.02. The van der Waals surface area contributed by atoms with Gasteiger partial charge >= 0.3 is 11.9 Å². The molecule has 2 rings (SSSR count). The third kappa shape index (κ3) is 4.89. The van der Waals surface area contributed by atoms with Crippen LogP contribution in [-0.2, 0) is 4.74 Å². The Morgan fingerprint density at radius 2 is 1.52 bits per heavy atom. The summed E-state index contributed by atoms with van der Waals surface area (Å²) in [6.45, 7) is 7.03. The number of nitrogens with zero attached hydrogens (tertiary/aromatic N) is 2. The second-order valence-corrected chi connectivity index (χ2v) is 4.09. The van der Waals surface area contributed by atoms with E-state index < -0.39 is 11.9 Å². The van der Waals surface area contributed by atoms with E-state index in [9.17, 15) is 9.59 Å². The van der Waals surface area contributed by atoms with E-state index in [2.05, 4.69) is 27.9 Å². The SMILES string of the molecule is C=Cc1cccnc1C(=O)O.C=Cc1cccnc1C(=O)OC. The second-order valence-electron chi connectivity index (χ2n) is 4.09. The summed E-state index contributed by atoms with van der Waals surface area (Å²) in [5, 5.41) is 8.59. The van der Waals surface area contributed by atoms with Gasteiger partial charge < -0.3 is 9.84 Å². The van der Waals surface area contributed by atoms with Gasteiger partial charge in [0.25, 0.3) is 0 Å². The molecule has 0 bridgehead atoms. The number of pyridine rings is 2. The van der Waals surface area contributed by atoms with Gasteiger partial charge in [-0.15, -0.1) is 0 Å². The van der Waals surface area contributed by atoms with Crippen molar-refractivity contribution in [2.75, 3.05) is 7.11 Å². The van der Waals surface area contributed by atoms with Gasteiger partial charge in [0, 0.05) is 23.5 Å². The molecule has 23 heavy (non-hydrogen) atoms. The van der Waals surface area contributed by atoms with Crippen LogP contribution < -0.4 is 0 Å². The molecule has 2 heterocycles. The number of aromatic carboxylic acids is 1. The van der Waals surface area contributed by atoms with Crippen LogP contribution in [0.1, 0.15) is 32.1 Å². The number of hydrogen-bond acceptors (Lipinski definition) is 5. The molecule has 0 aromatic carbocycles. The number of carbonyl (C=O) groups is 2. The number of rotatable bonds is 4. The molecule has 0 unspecified atom stereocenters. The van der Waals surface area contributed by atoms with E-state index >= 15 is 0 Å². The number of carboxylic acids is 1. The fourth-order valence-corrected chi connectivity index (χ4v) is 1.61. The average Bonchev–Trinajstić information content (AvgIpc) is 2.61. The van der Waals surface area contributed by atoms with Gasteiger partial charge in [0.15, 0.2) is 11.4 Å². The van der Waals surface area contributed by atoms with E-state index in [-0.39, 0.29) is 5.69 Å². The Kier molecular flexibility index (Phi) is 6.87. The molecule has 0 amide bonds. The zero-order valence-corrected chi connectivity index (χ0v) is 12.6. The molecule has 0 radical (unpaired) electrons. The van der Waals surface area contributed by atoms with Crippen molar-refractivity contribution in [1.29, 1.82) is 0 Å². The molecule has 1 N–H and O–H groups in total. The summed E-state index contributed by atoms with van der Waals surface area (Å²) in [4.78, 5) is 29.1. The third-order valence-corrected chi connectivity index (χ3v) is 2.70. The number of ether oxygens (including phenoxy) is 1. The van der Waals surface area contributed by atoms with Gasteiger partial charge in [-0.05, 0) is 12.1 Å². The monoisotopic (exact) mass is 312 g/mol. The molecule has 0 saturated carbocycles. The molecule has 2 aromatic rings. The van der Waals surface area contributed by atoms with E-state index in [0.29, 0.717) is 16.8 Å². The van der Waals surface area contributed by atoms with Gasteiger partial charge in [0.2, 0.25) is 0 Å². The van der Waals surface area contributed by atoms with E-state index in [1.54, 1.807) is 36.5 Å². The van der Waals surface area contributed by atoms with E-state index in [1.165, 1.54) is 19.4 Å². The van der Waals surface area contributed by atoms with Gasteiger partial charge in [-0.3, -0.25) is 0 Å². The Bertz CT molecular complexity index is 726. The molecule has 6 heteroatoms. The van der Waals surface area contributed by atoms with Crippen LogP contribution in [0.4, 0.5) is 0 Å². The number of carbonyl (C=O) groups excluding carboxylic acids is 1. The Balaban J connectivity index is 0.000000231. The lowest BCUT2D eigenvalue weighted by Crippen LogP contribution is -2.05. The van der Waals surface area contributed by atoms with E-state index in [0.717, 1.165) is 0 Å². The Morgan fingerprint density at radius 3 is 1.91 bits per heavy atom. The van der Waals surface area contributed by atoms with Gasteiger partial charge in [0.1, 0.15) is 0 Å². The zero-order chi connectivity index (χ0) is 17.2. The first-order valence-electron chi connectivity index (χ1n) is 6.51. The molecule has 6 nitrogen and oxygen atoms in total. The van der Waals surface area contributed by atoms with Crippen molar-refractivity contribution in [2.45, 2.75) is 0 Å². The van der Waals surface area contributed by atoms with Crippen LogP contribution in [0.15, 0.2) is 49.8 Å². The second kappa shape index (κ2) is 8.89. The summed E-state index contributed by atoms with van der Waals surface area (Å²) < 4.78 is 4.53. The third-order valence-electron chi connectivity index (χ3n) is 2.70. The van der Waals surface area contributed by atoms with Crippen molar-refractivity contribution in [3.8, 4) is 0 Å². The molecule has 0 saturated heterocycles. The number of methoxy groups -OCH3 is 1. The molecule has 0 spiro atoms. The van der Waals surface area contributed by atoms with Crippen LogP contribution in [0.3, 0.4) is 0 Å². The Labute approximate surface area is 133 Å². The highest BCUT2D eigenvalue weighted by atomic mass is 16.5. The van der Waals surface area contributed by atoms with Crippen LogP contribution in [0, 0.1) is 0 Å². The maximum atomic E-state index is 11.1. The first-order valence-corrected chi connectivity index (χ1v) is 6.51. The topological polar surface area (TPSA) is 89.4 Å². The van der Waals surface area contributed by atoms with Gasteiger partial charge in [-0.25, -0.2) is 19.6 Å². The lowest BCUT2D eigenvalue weighted by molar-refractivity contribution is 0.0593. The zero-order valence-electron chi connectivity index (χ0n) is 12.6. The molecule has 0 fully saturated rings. The first kappa shape index (κ1) is 17.8. The number of aromatic nitrogens is 2. The fraction of sp³-hybridized carbons (Fsp3) is 0.0588. The molecular formula is C17H16N2O4. The van der Waals surface area contributed by atoms with Crippen molar-refractivity contribution in [1.82, 2.24) is 9.97 Å². The predicted octanol–water partition coefficient (Wildman–Crippen LogP) is 2.93. The maximum absolute atomic E-state index is 11.1. The van der Waals surface area contributed by atoms with E-state index in [4.69, 9.17) is 5.11 Å². The lowest BCUT2D eigenvalue weighted by atomic mass is 10.2. The molecular weight excluding hydrogens is 296 g/mol. The molecule has 0 atom stereocenters. The minimum atomic E-state index is -1.03.